The van der Waals surface area contributed by atoms with Gasteiger partial charge < -0.3 is 39.8 Å². The van der Waals surface area contributed by atoms with Crippen LogP contribution in [0.15, 0.2) is 25.3 Å². The number of rotatable bonds is 2. The van der Waals surface area contributed by atoms with E-state index < -0.39 is 61.5 Å². The minimum absolute atomic E-state index is 0.00359. The molecule has 23 heteroatoms. The summed E-state index contributed by atoms with van der Waals surface area (Å²) in [6, 6.07) is -0.755. The molecule has 230 valence electrons. The third kappa shape index (κ3) is 5.23. The summed E-state index contributed by atoms with van der Waals surface area (Å²) in [4.78, 5) is 35.7. The lowest BCUT2D eigenvalue weighted by Gasteiger charge is -2.30. The molecule has 0 radical (unpaired) electrons. The molecule has 43 heavy (non-hydrogen) atoms. The van der Waals surface area contributed by atoms with Crippen molar-refractivity contribution in [1.29, 1.82) is 0 Å². The zero-order valence-electron chi connectivity index (χ0n) is 21.5. The highest BCUT2D eigenvalue weighted by Crippen LogP contribution is 2.67. The van der Waals surface area contributed by atoms with Crippen molar-refractivity contribution in [2.24, 2.45) is 0 Å². The summed E-state index contributed by atoms with van der Waals surface area (Å²) < 4.78 is 56.0. The SMILES string of the molecule is Nc1ncnc2c1ncn2[C@@H]1C[C@@H]2OP(O)(=S)O[C@H]3[C@@H](F)[C@H](n4cnc5c(N)ncnc54)O[C@@H]3CSP(=O)(S)O[C@@H]1[C@H]2O. The lowest BCUT2D eigenvalue weighted by atomic mass is 10.2. The maximum atomic E-state index is 16.1. The van der Waals surface area contributed by atoms with E-state index in [-0.39, 0.29) is 35.0 Å². The summed E-state index contributed by atoms with van der Waals surface area (Å²) in [6.45, 7) is -4.22. The van der Waals surface area contributed by atoms with Crippen molar-refractivity contribution in [3.05, 3.63) is 25.3 Å². The lowest BCUT2D eigenvalue weighted by Crippen LogP contribution is -2.36. The predicted molar refractivity (Wildman–Crippen MR) is 158 cm³/mol. The van der Waals surface area contributed by atoms with Gasteiger partial charge in [-0.3, -0.25) is 13.7 Å². The molecule has 0 spiro atoms. The number of imidazole rings is 2. The average Bonchev–Trinajstić information content (AvgIpc) is 3.70. The Hall–Kier alpha value is -2.03. The van der Waals surface area contributed by atoms with Crippen molar-refractivity contribution < 1.29 is 37.3 Å². The fourth-order valence-electron chi connectivity index (χ4n) is 5.51. The predicted octanol–water partition coefficient (Wildman–Crippen LogP) is 1.53. The summed E-state index contributed by atoms with van der Waals surface area (Å²) in [7, 11) is 0. The van der Waals surface area contributed by atoms with Gasteiger partial charge in [-0.05, 0) is 11.8 Å². The molecule has 1 saturated carbocycles. The highest BCUT2D eigenvalue weighted by atomic mass is 33.1. The average molecular weight is 693 g/mol. The van der Waals surface area contributed by atoms with Crippen molar-refractivity contribution in [3.63, 3.8) is 0 Å². The zero-order chi connectivity index (χ0) is 30.3. The number of nitrogen functional groups attached to an aromatic ring is 2. The molecule has 17 nitrogen and oxygen atoms in total. The van der Waals surface area contributed by atoms with Gasteiger partial charge in [-0.2, -0.15) is 0 Å². The number of ether oxygens (including phenoxy) is 1. The fourth-order valence-corrected chi connectivity index (χ4v) is 11.0. The molecule has 0 amide bonds. The Bertz CT molecular complexity index is 1820. The monoisotopic (exact) mass is 692 g/mol. The number of fused-ring (bicyclic) bond motifs is 5. The second-order valence-corrected chi connectivity index (χ2v) is 19.1. The molecule has 2 unspecified atom stereocenters. The molecular weight excluding hydrogens is 669 g/mol. The van der Waals surface area contributed by atoms with Crippen LogP contribution in [0.3, 0.4) is 0 Å². The van der Waals surface area contributed by atoms with Gasteiger partial charge in [0.1, 0.15) is 42.0 Å². The van der Waals surface area contributed by atoms with Crippen LogP contribution in [-0.4, -0.2) is 91.5 Å². The first-order valence-corrected chi connectivity index (χ1v) is 19.6. The van der Waals surface area contributed by atoms with E-state index in [1.807, 2.05) is 0 Å². The van der Waals surface area contributed by atoms with E-state index in [0.29, 0.717) is 11.2 Å². The van der Waals surface area contributed by atoms with Crippen LogP contribution in [0.1, 0.15) is 18.7 Å². The third-order valence-corrected chi connectivity index (χ3v) is 13.3. The van der Waals surface area contributed by atoms with Crippen molar-refractivity contribution in [1.82, 2.24) is 39.0 Å². The first kappa shape index (κ1) is 29.7. The maximum Gasteiger partial charge on any atom is 0.325 e. The Morgan fingerprint density at radius 2 is 1.60 bits per heavy atom. The highest BCUT2D eigenvalue weighted by Gasteiger charge is 2.54. The highest BCUT2D eigenvalue weighted by molar-refractivity contribution is 8.84. The van der Waals surface area contributed by atoms with Gasteiger partial charge >= 0.3 is 12.5 Å². The standard InChI is InChI=1S/C20H23FN10O7P2S3/c21-10-15-9(35-20(10)31-6-29-12-17(23)25-4-27-19(12)31)2-43-40(34,42)38-14-7(1-8(13(14)32)36-39(33,41)37-15)30-5-28-11-16(22)24-3-26-18(11)30/h3-10,13-15,20,32H,1-2H2,(H,33,41)(H,34,42)(H2,22,24,26)(H2,23,25,27)/t7-,8+,9-,10-,13+,14+,15-,20-,39?,40?/m1/s1. The van der Waals surface area contributed by atoms with Crippen LogP contribution in [0.5, 0.6) is 0 Å². The fraction of sp³-hybridized carbons (Fsp3) is 0.500. The molecular formula is C20H23FN10O7P2S3. The second-order valence-electron chi connectivity index (χ2n) is 9.99. The number of anilines is 2. The molecule has 6 N–H and O–H groups in total. The Morgan fingerprint density at radius 3 is 2.28 bits per heavy atom. The molecule has 2 saturated heterocycles. The molecule has 3 fully saturated rings. The van der Waals surface area contributed by atoms with Crippen molar-refractivity contribution in [3.8, 4) is 0 Å². The number of aliphatic hydroxyl groups is 1. The molecule has 0 aromatic carbocycles. The molecule has 6 heterocycles. The smallest absolute Gasteiger partial charge is 0.325 e. The topological polar surface area (TPSA) is 234 Å². The van der Waals surface area contributed by atoms with Gasteiger partial charge in [0.25, 0.3) is 0 Å². The Labute approximate surface area is 255 Å². The van der Waals surface area contributed by atoms with Crippen LogP contribution < -0.4 is 11.5 Å². The van der Waals surface area contributed by atoms with Crippen LogP contribution in [0.2, 0.25) is 0 Å². The van der Waals surface area contributed by atoms with Crippen LogP contribution in [0.25, 0.3) is 22.3 Å². The quantitative estimate of drug-likeness (QED) is 0.148. The zero-order valence-corrected chi connectivity index (χ0v) is 25.9. The Kier molecular flexibility index (Phi) is 7.45. The normalized spacial score (nSPS) is 38.6. The van der Waals surface area contributed by atoms with E-state index in [1.165, 1.54) is 29.9 Å². The largest absolute Gasteiger partial charge is 0.388 e. The van der Waals surface area contributed by atoms with Crippen LogP contribution in [0, 0.1) is 0 Å². The van der Waals surface area contributed by atoms with Gasteiger partial charge in [0.2, 0.25) is 0 Å². The van der Waals surface area contributed by atoms with Crippen LogP contribution in [-0.2, 0) is 34.7 Å². The summed E-state index contributed by atoms with van der Waals surface area (Å²) in [5, 5.41) is 11.3. The van der Waals surface area contributed by atoms with E-state index in [4.69, 9.17) is 41.6 Å². The third-order valence-electron chi connectivity index (χ3n) is 7.42. The van der Waals surface area contributed by atoms with Gasteiger partial charge in [-0.1, -0.05) is 23.6 Å². The summed E-state index contributed by atoms with van der Waals surface area (Å²) in [6.07, 6.45) is -4.45. The summed E-state index contributed by atoms with van der Waals surface area (Å²) in [5.74, 6) is -3.77. The van der Waals surface area contributed by atoms with Gasteiger partial charge in [0, 0.05) is 12.2 Å². The van der Waals surface area contributed by atoms with Crippen molar-refractivity contribution >= 4 is 81.9 Å². The molecule has 4 aromatic rings. The molecule has 2 aliphatic heterocycles. The number of aromatic nitrogens is 8. The molecule has 2 bridgehead atoms. The van der Waals surface area contributed by atoms with Crippen LogP contribution >= 0.6 is 36.1 Å². The number of nitrogens with two attached hydrogens (primary N) is 2. The number of hydrogen-bond acceptors (Lipinski definition) is 16. The molecule has 3 aliphatic rings. The Morgan fingerprint density at radius 1 is 0.977 bits per heavy atom. The minimum Gasteiger partial charge on any atom is -0.388 e. The van der Waals surface area contributed by atoms with Gasteiger partial charge in [-0.25, -0.2) is 34.3 Å². The minimum atomic E-state index is -4.22. The van der Waals surface area contributed by atoms with E-state index in [0.717, 1.165) is 11.4 Å². The number of alkyl halides is 1. The first-order chi connectivity index (χ1) is 20.4. The Balaban J connectivity index is 1.21. The molecule has 1 aliphatic carbocycles. The number of aliphatic hydroxyl groups excluding tert-OH is 1. The van der Waals surface area contributed by atoms with Gasteiger partial charge in [0.05, 0.1) is 30.9 Å². The van der Waals surface area contributed by atoms with E-state index >= 15 is 4.39 Å². The number of hydrogen-bond donors (Lipinski definition) is 5. The van der Waals surface area contributed by atoms with E-state index in [1.54, 1.807) is 4.57 Å². The summed E-state index contributed by atoms with van der Waals surface area (Å²) in [5.41, 5.74) is 12.9. The van der Waals surface area contributed by atoms with Crippen molar-refractivity contribution in [2.75, 3.05) is 17.2 Å². The van der Waals surface area contributed by atoms with Crippen molar-refractivity contribution in [2.45, 2.75) is 55.4 Å². The molecule has 10 atom stereocenters. The van der Waals surface area contributed by atoms with E-state index in [2.05, 4.69) is 42.2 Å². The summed E-state index contributed by atoms with van der Waals surface area (Å²) >= 11 is 10.3. The number of thiol groups is 1. The van der Waals surface area contributed by atoms with Gasteiger partial charge in [0.15, 0.2) is 35.3 Å². The second kappa shape index (κ2) is 10.8. The molecule has 4 aromatic heterocycles. The number of halogens is 1. The van der Waals surface area contributed by atoms with Crippen LogP contribution in [0.4, 0.5) is 16.0 Å². The van der Waals surface area contributed by atoms with E-state index in [9.17, 15) is 14.6 Å². The lowest BCUT2D eigenvalue weighted by molar-refractivity contribution is -0.0204. The number of nitrogens with zero attached hydrogens (tertiary/aromatic N) is 8. The maximum absolute atomic E-state index is 16.1. The molecule has 7 rings (SSSR count). The first-order valence-electron chi connectivity index (χ1n) is 12.6. The van der Waals surface area contributed by atoms with Gasteiger partial charge in [-0.15, -0.1) is 0 Å².